The molecular weight excluding hydrogens is 252 g/mol. The third-order valence-electron chi connectivity index (χ3n) is 3.14. The van der Waals surface area contributed by atoms with E-state index in [1.54, 1.807) is 0 Å². The first-order chi connectivity index (χ1) is 8.16. The lowest BCUT2D eigenvalue weighted by atomic mass is 10.2. The first-order valence-electron chi connectivity index (χ1n) is 6.41. The molecule has 5 heteroatoms. The van der Waals surface area contributed by atoms with Crippen LogP contribution >= 0.6 is 23.5 Å². The van der Waals surface area contributed by atoms with Crippen molar-refractivity contribution in [2.45, 2.75) is 37.6 Å². The molecule has 2 aliphatic heterocycles. The summed E-state index contributed by atoms with van der Waals surface area (Å²) in [6.07, 6.45) is 0.974. The number of amides is 1. The molecule has 0 aliphatic carbocycles. The Hall–Kier alpha value is 0.130. The molecule has 2 rings (SSSR count). The van der Waals surface area contributed by atoms with E-state index in [0.717, 1.165) is 19.5 Å². The zero-order valence-corrected chi connectivity index (χ0v) is 12.3. The van der Waals surface area contributed by atoms with Gasteiger partial charge in [-0.05, 0) is 6.42 Å². The Morgan fingerprint density at radius 1 is 1.47 bits per heavy atom. The first-order valence-corrected chi connectivity index (χ1v) is 8.61. The molecule has 1 N–H and O–H groups in total. The Labute approximate surface area is 112 Å². The second kappa shape index (κ2) is 6.34. The lowest BCUT2D eigenvalue weighted by Crippen LogP contribution is -2.43. The molecule has 2 heterocycles. The van der Waals surface area contributed by atoms with Gasteiger partial charge in [-0.2, -0.15) is 23.5 Å². The number of hydrogen-bond acceptors (Lipinski definition) is 4. The Morgan fingerprint density at radius 3 is 2.94 bits per heavy atom. The van der Waals surface area contributed by atoms with Crippen LogP contribution in [-0.2, 0) is 4.79 Å². The van der Waals surface area contributed by atoms with Gasteiger partial charge in [0.25, 0.3) is 0 Å². The number of nitrogens with zero attached hydrogens (tertiary/aromatic N) is 1. The van der Waals surface area contributed by atoms with E-state index in [1.165, 1.54) is 17.3 Å². The minimum atomic E-state index is 0.0660. The molecule has 2 aliphatic rings. The van der Waals surface area contributed by atoms with Crippen molar-refractivity contribution in [1.29, 1.82) is 0 Å². The number of likely N-dealkylation sites (tertiary alicyclic amines) is 1. The molecule has 0 radical (unpaired) electrons. The van der Waals surface area contributed by atoms with Crippen LogP contribution in [0.4, 0.5) is 0 Å². The molecular formula is C12H22N2OS2. The van der Waals surface area contributed by atoms with Crippen molar-refractivity contribution >= 4 is 29.4 Å². The molecule has 0 aromatic heterocycles. The lowest BCUT2D eigenvalue weighted by Gasteiger charge is -2.26. The summed E-state index contributed by atoms with van der Waals surface area (Å²) in [7, 11) is 0. The smallest absolute Gasteiger partial charge is 0.239 e. The van der Waals surface area contributed by atoms with Gasteiger partial charge in [-0.25, -0.2) is 0 Å². The summed E-state index contributed by atoms with van der Waals surface area (Å²) in [4.78, 5) is 14.2. The molecule has 0 saturated carbocycles. The zero-order chi connectivity index (χ0) is 12.3. The zero-order valence-electron chi connectivity index (χ0n) is 10.6. The maximum absolute atomic E-state index is 12.2. The second-order valence-corrected chi connectivity index (χ2v) is 7.57. The van der Waals surface area contributed by atoms with Crippen molar-refractivity contribution in [3.63, 3.8) is 0 Å². The van der Waals surface area contributed by atoms with Crippen molar-refractivity contribution in [3.8, 4) is 0 Å². The Balaban J connectivity index is 1.80. The fourth-order valence-corrected chi connectivity index (χ4v) is 5.05. The van der Waals surface area contributed by atoms with Gasteiger partial charge in [0.1, 0.15) is 0 Å². The van der Waals surface area contributed by atoms with Crippen LogP contribution in [0.1, 0.15) is 20.3 Å². The summed E-state index contributed by atoms with van der Waals surface area (Å²) in [6, 6.07) is 0.458. The van der Waals surface area contributed by atoms with Gasteiger partial charge in [-0.1, -0.05) is 13.8 Å². The van der Waals surface area contributed by atoms with Crippen LogP contribution < -0.4 is 5.32 Å². The van der Waals surface area contributed by atoms with Gasteiger partial charge in [0.2, 0.25) is 5.91 Å². The predicted molar refractivity (Wildman–Crippen MR) is 76.8 cm³/mol. The maximum Gasteiger partial charge on any atom is 0.239 e. The number of carbonyl (C=O) groups is 1. The van der Waals surface area contributed by atoms with Crippen LogP contribution in [0.5, 0.6) is 0 Å². The van der Waals surface area contributed by atoms with E-state index < -0.39 is 0 Å². The normalized spacial score (nSPS) is 30.3. The van der Waals surface area contributed by atoms with Crippen molar-refractivity contribution in [2.24, 2.45) is 0 Å². The quantitative estimate of drug-likeness (QED) is 0.841. The van der Waals surface area contributed by atoms with Crippen molar-refractivity contribution in [3.05, 3.63) is 0 Å². The van der Waals surface area contributed by atoms with Crippen LogP contribution in [0.3, 0.4) is 0 Å². The molecule has 98 valence electrons. The fourth-order valence-electron chi connectivity index (χ4n) is 2.37. The molecule has 2 atom stereocenters. The minimum Gasteiger partial charge on any atom is -0.340 e. The molecule has 0 bridgehead atoms. The summed E-state index contributed by atoms with van der Waals surface area (Å²) in [5, 5.41) is 4.00. The highest BCUT2D eigenvalue weighted by Crippen LogP contribution is 2.26. The first kappa shape index (κ1) is 13.6. The van der Waals surface area contributed by atoms with Crippen LogP contribution in [0.2, 0.25) is 0 Å². The van der Waals surface area contributed by atoms with Gasteiger partial charge in [0.15, 0.2) is 0 Å². The van der Waals surface area contributed by atoms with Crippen LogP contribution in [0, 0.1) is 0 Å². The van der Waals surface area contributed by atoms with Gasteiger partial charge in [0.05, 0.1) is 6.04 Å². The van der Waals surface area contributed by atoms with Crippen LogP contribution in [0.25, 0.3) is 0 Å². The average molecular weight is 274 g/mol. The molecule has 1 amide bonds. The minimum absolute atomic E-state index is 0.0660. The van der Waals surface area contributed by atoms with Crippen molar-refractivity contribution in [2.75, 3.05) is 30.3 Å². The monoisotopic (exact) mass is 274 g/mol. The fraction of sp³-hybridized carbons (Fsp3) is 0.917. The van der Waals surface area contributed by atoms with E-state index in [1.807, 2.05) is 23.5 Å². The van der Waals surface area contributed by atoms with E-state index >= 15 is 0 Å². The molecule has 0 aromatic rings. The number of rotatable bonds is 4. The molecule has 17 heavy (non-hydrogen) atoms. The summed E-state index contributed by atoms with van der Waals surface area (Å²) in [5.74, 6) is 4.03. The van der Waals surface area contributed by atoms with Crippen LogP contribution in [-0.4, -0.2) is 58.5 Å². The third-order valence-corrected chi connectivity index (χ3v) is 5.97. The Morgan fingerprint density at radius 2 is 2.29 bits per heavy atom. The van der Waals surface area contributed by atoms with E-state index in [4.69, 9.17) is 0 Å². The van der Waals surface area contributed by atoms with Gasteiger partial charge in [-0.15, -0.1) is 0 Å². The average Bonchev–Trinajstić information content (AvgIpc) is 2.62. The Kier molecular flexibility index (Phi) is 5.06. The number of nitrogens with one attached hydrogen (secondary N) is 1. The number of hydrogen-bond donors (Lipinski definition) is 1. The molecule has 2 saturated heterocycles. The SMILES string of the molecule is CC(C)NC1CCN(CC2CSCCS2)C1=O. The standard InChI is InChI=1S/C12H22N2OS2/c1-9(2)13-11-3-4-14(12(11)15)7-10-8-16-5-6-17-10/h9-11,13H,3-8H2,1-2H3. The third kappa shape index (κ3) is 3.80. The maximum atomic E-state index is 12.2. The van der Waals surface area contributed by atoms with Crippen LogP contribution in [0.15, 0.2) is 0 Å². The molecule has 0 aromatic carbocycles. The Bertz CT molecular complexity index is 267. The summed E-state index contributed by atoms with van der Waals surface area (Å²) in [6.45, 7) is 6.09. The molecule has 2 unspecified atom stereocenters. The second-order valence-electron chi connectivity index (χ2n) is 5.01. The highest BCUT2D eigenvalue weighted by molar-refractivity contribution is 8.06. The number of carbonyl (C=O) groups excluding carboxylic acids is 1. The molecule has 3 nitrogen and oxygen atoms in total. The topological polar surface area (TPSA) is 32.3 Å². The van der Waals surface area contributed by atoms with E-state index in [-0.39, 0.29) is 6.04 Å². The molecule has 2 fully saturated rings. The van der Waals surface area contributed by atoms with E-state index in [9.17, 15) is 4.79 Å². The lowest BCUT2D eigenvalue weighted by molar-refractivity contribution is -0.129. The highest BCUT2D eigenvalue weighted by atomic mass is 32.2. The van der Waals surface area contributed by atoms with Gasteiger partial charge in [-0.3, -0.25) is 4.79 Å². The summed E-state index contributed by atoms with van der Waals surface area (Å²) < 4.78 is 0. The molecule has 0 spiro atoms. The largest absolute Gasteiger partial charge is 0.340 e. The van der Waals surface area contributed by atoms with Gasteiger partial charge in [0, 0.05) is 41.6 Å². The van der Waals surface area contributed by atoms with Gasteiger partial charge >= 0.3 is 0 Å². The summed E-state index contributed by atoms with van der Waals surface area (Å²) in [5.41, 5.74) is 0. The predicted octanol–water partition coefficient (Wildman–Crippen LogP) is 1.43. The summed E-state index contributed by atoms with van der Waals surface area (Å²) >= 11 is 4.06. The highest BCUT2D eigenvalue weighted by Gasteiger charge is 2.33. The van der Waals surface area contributed by atoms with Gasteiger partial charge < -0.3 is 10.2 Å². The van der Waals surface area contributed by atoms with E-state index in [0.29, 0.717) is 17.2 Å². The van der Waals surface area contributed by atoms with Crippen molar-refractivity contribution in [1.82, 2.24) is 10.2 Å². The number of thioether (sulfide) groups is 2. The van der Waals surface area contributed by atoms with E-state index in [2.05, 4.69) is 24.1 Å². The van der Waals surface area contributed by atoms with Crippen molar-refractivity contribution < 1.29 is 4.79 Å².